The van der Waals surface area contributed by atoms with Gasteiger partial charge < -0.3 is 10.6 Å². The first-order valence-corrected chi connectivity index (χ1v) is 11.7. The Morgan fingerprint density at radius 2 is 1.84 bits per heavy atom. The van der Waals surface area contributed by atoms with E-state index in [0.29, 0.717) is 46.8 Å². The van der Waals surface area contributed by atoms with Crippen LogP contribution in [0.15, 0.2) is 41.4 Å². The summed E-state index contributed by atoms with van der Waals surface area (Å²) in [7, 11) is 0. The highest BCUT2D eigenvalue weighted by atomic mass is 32.2. The van der Waals surface area contributed by atoms with E-state index in [-0.39, 0.29) is 17.6 Å². The van der Waals surface area contributed by atoms with E-state index in [0.717, 1.165) is 12.8 Å². The Bertz CT molecular complexity index is 1080. The Hall–Kier alpha value is -3.01. The summed E-state index contributed by atoms with van der Waals surface area (Å²) < 4.78 is 14.6. The average molecular weight is 457 g/mol. The van der Waals surface area contributed by atoms with Crippen LogP contribution < -0.4 is 10.6 Å². The predicted octanol–water partition coefficient (Wildman–Crippen LogP) is 2.78. The number of hydrogen-bond donors (Lipinski definition) is 2. The molecule has 0 atom stereocenters. The Morgan fingerprint density at radius 1 is 1.06 bits per heavy atom. The van der Waals surface area contributed by atoms with Gasteiger partial charge in [-0.2, -0.15) is 9.61 Å². The van der Waals surface area contributed by atoms with E-state index >= 15 is 0 Å². The number of thioether (sulfide) groups is 1. The zero-order valence-corrected chi connectivity index (χ0v) is 18.4. The van der Waals surface area contributed by atoms with Crippen LogP contribution in [0.3, 0.4) is 0 Å². The van der Waals surface area contributed by atoms with Crippen LogP contribution in [-0.2, 0) is 11.2 Å². The van der Waals surface area contributed by atoms with E-state index in [1.807, 2.05) is 12.1 Å². The van der Waals surface area contributed by atoms with Gasteiger partial charge in [0.2, 0.25) is 5.91 Å². The van der Waals surface area contributed by atoms with Crippen LogP contribution >= 0.6 is 11.8 Å². The average Bonchev–Trinajstić information content (AvgIpc) is 3.21. The third-order valence-corrected chi connectivity index (χ3v) is 6.28. The molecule has 168 valence electrons. The Labute approximate surface area is 189 Å². The summed E-state index contributed by atoms with van der Waals surface area (Å²) in [5.74, 6) is 0.264. The van der Waals surface area contributed by atoms with Gasteiger partial charge in [-0.3, -0.25) is 9.59 Å². The summed E-state index contributed by atoms with van der Waals surface area (Å²) >= 11 is 1.37. The van der Waals surface area contributed by atoms with Crippen molar-refractivity contribution in [2.24, 2.45) is 0 Å². The molecule has 0 bridgehead atoms. The van der Waals surface area contributed by atoms with Gasteiger partial charge >= 0.3 is 0 Å². The molecule has 2 N–H and O–H groups in total. The number of hydrogen-bond acceptors (Lipinski definition) is 6. The standard InChI is InChI=1S/C22H25FN6O2S/c23-16-8-6-15(7-9-16)22(31)24-13-12-19-27-26-18-10-11-21(28-29(18)19)32-14-20(30)25-17-4-2-1-3-5-17/h6-11,17H,1-5,12-14H2,(H,24,31)(H,25,30). The van der Waals surface area contributed by atoms with E-state index in [2.05, 4.69) is 25.9 Å². The zero-order chi connectivity index (χ0) is 22.3. The van der Waals surface area contributed by atoms with Gasteiger partial charge in [0.05, 0.1) is 5.75 Å². The second-order valence-electron chi connectivity index (χ2n) is 7.76. The molecular formula is C22H25FN6O2S. The first-order valence-electron chi connectivity index (χ1n) is 10.8. The van der Waals surface area contributed by atoms with Gasteiger partial charge in [-0.15, -0.1) is 10.2 Å². The maximum absolute atomic E-state index is 13.0. The number of fused-ring (bicyclic) bond motifs is 1. The van der Waals surface area contributed by atoms with Crippen molar-refractivity contribution in [3.8, 4) is 0 Å². The van der Waals surface area contributed by atoms with Crippen molar-refractivity contribution in [3.05, 3.63) is 53.6 Å². The van der Waals surface area contributed by atoms with E-state index in [1.165, 1.54) is 55.3 Å². The summed E-state index contributed by atoms with van der Waals surface area (Å²) in [5.41, 5.74) is 0.988. The Balaban J connectivity index is 1.30. The van der Waals surface area contributed by atoms with E-state index in [4.69, 9.17) is 0 Å². The van der Waals surface area contributed by atoms with Crippen molar-refractivity contribution in [3.63, 3.8) is 0 Å². The molecule has 10 heteroatoms. The number of nitrogens with zero attached hydrogens (tertiary/aromatic N) is 4. The minimum absolute atomic E-state index is 0.0243. The first-order chi connectivity index (χ1) is 15.6. The van der Waals surface area contributed by atoms with E-state index in [1.54, 1.807) is 4.52 Å². The van der Waals surface area contributed by atoms with Crippen LogP contribution in [-0.4, -0.2) is 50.0 Å². The molecule has 3 aromatic rings. The van der Waals surface area contributed by atoms with Gasteiger partial charge in [0.25, 0.3) is 5.91 Å². The fourth-order valence-electron chi connectivity index (χ4n) is 3.70. The van der Waals surface area contributed by atoms with Gasteiger partial charge in [-0.25, -0.2) is 4.39 Å². The van der Waals surface area contributed by atoms with Crippen LogP contribution in [0.25, 0.3) is 5.65 Å². The monoisotopic (exact) mass is 456 g/mol. The Kier molecular flexibility index (Phi) is 7.31. The lowest BCUT2D eigenvalue weighted by Gasteiger charge is -2.22. The third-order valence-electron chi connectivity index (χ3n) is 5.36. The number of aromatic nitrogens is 4. The molecule has 1 aliphatic carbocycles. The molecule has 2 heterocycles. The molecule has 1 aliphatic rings. The van der Waals surface area contributed by atoms with Crippen molar-refractivity contribution < 1.29 is 14.0 Å². The summed E-state index contributed by atoms with van der Waals surface area (Å²) in [4.78, 5) is 24.4. The molecule has 8 nitrogen and oxygen atoms in total. The van der Waals surface area contributed by atoms with E-state index < -0.39 is 0 Å². The van der Waals surface area contributed by atoms with Crippen molar-refractivity contribution in [2.75, 3.05) is 12.3 Å². The molecule has 32 heavy (non-hydrogen) atoms. The smallest absolute Gasteiger partial charge is 0.251 e. The number of amides is 2. The van der Waals surface area contributed by atoms with Crippen LogP contribution in [0.5, 0.6) is 0 Å². The van der Waals surface area contributed by atoms with Crippen molar-refractivity contribution in [2.45, 2.75) is 49.6 Å². The normalized spacial score (nSPS) is 14.4. The van der Waals surface area contributed by atoms with Crippen molar-refractivity contribution in [1.29, 1.82) is 0 Å². The maximum Gasteiger partial charge on any atom is 0.251 e. The second-order valence-corrected chi connectivity index (χ2v) is 8.76. The number of carbonyl (C=O) groups is 2. The molecule has 4 rings (SSSR count). The lowest BCUT2D eigenvalue weighted by Crippen LogP contribution is -2.37. The third kappa shape index (κ3) is 5.82. The summed E-state index contributed by atoms with van der Waals surface area (Å²) in [6.45, 7) is 0.333. The fourth-order valence-corrected chi connectivity index (χ4v) is 4.36. The lowest BCUT2D eigenvalue weighted by molar-refractivity contribution is -0.119. The summed E-state index contributed by atoms with van der Waals surface area (Å²) in [5, 5.41) is 19.4. The molecule has 1 fully saturated rings. The van der Waals surface area contributed by atoms with E-state index in [9.17, 15) is 14.0 Å². The summed E-state index contributed by atoms with van der Waals surface area (Å²) in [6, 6.07) is 9.30. The first kappa shape index (κ1) is 22.2. The number of nitrogens with one attached hydrogen (secondary N) is 2. The van der Waals surface area contributed by atoms with Crippen LogP contribution in [0.1, 0.15) is 48.3 Å². The Morgan fingerprint density at radius 3 is 2.62 bits per heavy atom. The summed E-state index contributed by atoms with van der Waals surface area (Å²) in [6.07, 6.45) is 6.15. The SMILES string of the molecule is O=C(CSc1ccc2nnc(CCNC(=O)c3ccc(F)cc3)n2n1)NC1CCCCC1. The molecule has 1 saturated carbocycles. The van der Waals surface area contributed by atoms with Crippen LogP contribution in [0, 0.1) is 5.82 Å². The molecule has 0 radical (unpaired) electrons. The van der Waals surface area contributed by atoms with Gasteiger partial charge in [0, 0.05) is 24.6 Å². The molecule has 0 saturated heterocycles. The molecule has 2 amide bonds. The largest absolute Gasteiger partial charge is 0.353 e. The lowest BCUT2D eigenvalue weighted by atomic mass is 9.95. The van der Waals surface area contributed by atoms with Gasteiger partial charge in [-0.05, 0) is 49.2 Å². The quantitative estimate of drug-likeness (QED) is 0.506. The minimum Gasteiger partial charge on any atom is -0.353 e. The van der Waals surface area contributed by atoms with Gasteiger partial charge in [-0.1, -0.05) is 31.0 Å². The van der Waals surface area contributed by atoms with Gasteiger partial charge in [0.1, 0.15) is 10.8 Å². The van der Waals surface area contributed by atoms with Crippen LogP contribution in [0.2, 0.25) is 0 Å². The molecule has 0 unspecified atom stereocenters. The second kappa shape index (κ2) is 10.5. The van der Waals surface area contributed by atoms with Gasteiger partial charge in [0.15, 0.2) is 11.5 Å². The van der Waals surface area contributed by atoms with Crippen molar-refractivity contribution in [1.82, 2.24) is 30.4 Å². The van der Waals surface area contributed by atoms with Crippen LogP contribution in [0.4, 0.5) is 4.39 Å². The minimum atomic E-state index is -0.386. The molecule has 0 aliphatic heterocycles. The molecular weight excluding hydrogens is 431 g/mol. The number of benzene rings is 1. The number of halogens is 1. The highest BCUT2D eigenvalue weighted by molar-refractivity contribution is 7.99. The number of rotatable bonds is 8. The topological polar surface area (TPSA) is 101 Å². The molecule has 0 spiro atoms. The highest BCUT2D eigenvalue weighted by Crippen LogP contribution is 2.19. The molecule has 2 aromatic heterocycles. The fraction of sp³-hybridized carbons (Fsp3) is 0.409. The highest BCUT2D eigenvalue weighted by Gasteiger charge is 2.16. The zero-order valence-electron chi connectivity index (χ0n) is 17.6. The van der Waals surface area contributed by atoms with Crippen molar-refractivity contribution >= 4 is 29.2 Å². The maximum atomic E-state index is 13.0. The predicted molar refractivity (Wildman–Crippen MR) is 119 cm³/mol. The number of carbonyl (C=O) groups excluding carboxylic acids is 2. The molecule has 1 aromatic carbocycles.